The molecular formula is C19H25NO3. The van der Waals surface area contributed by atoms with E-state index < -0.39 is 0 Å². The fraction of sp³-hybridized carbons (Fsp3) is 0.579. The Labute approximate surface area is 137 Å². The Kier molecular flexibility index (Phi) is 3.62. The van der Waals surface area contributed by atoms with Crippen LogP contribution in [0, 0.1) is 5.92 Å². The summed E-state index contributed by atoms with van der Waals surface area (Å²) in [4.78, 5) is 2.63. The minimum absolute atomic E-state index is 0.0367. The van der Waals surface area contributed by atoms with Crippen LogP contribution in [0.15, 0.2) is 24.3 Å². The van der Waals surface area contributed by atoms with Crippen LogP contribution < -0.4 is 4.74 Å². The summed E-state index contributed by atoms with van der Waals surface area (Å²) >= 11 is 0. The van der Waals surface area contributed by atoms with Gasteiger partial charge in [-0.3, -0.25) is 4.90 Å². The number of methoxy groups -OCH3 is 2. The Hall–Kier alpha value is -1.52. The molecule has 4 rings (SSSR count). The van der Waals surface area contributed by atoms with Crippen LogP contribution in [0.3, 0.4) is 0 Å². The zero-order valence-corrected chi connectivity index (χ0v) is 13.9. The van der Waals surface area contributed by atoms with Crippen molar-refractivity contribution in [2.75, 3.05) is 27.3 Å². The molecule has 1 aromatic carbocycles. The average molecular weight is 315 g/mol. The molecule has 0 radical (unpaired) electrons. The second-order valence-corrected chi connectivity index (χ2v) is 6.95. The number of rotatable bonds is 2. The Morgan fingerprint density at radius 2 is 2.09 bits per heavy atom. The summed E-state index contributed by atoms with van der Waals surface area (Å²) in [6.45, 7) is 2.23. The summed E-state index contributed by atoms with van der Waals surface area (Å²) < 4.78 is 11.0. The fourth-order valence-corrected chi connectivity index (χ4v) is 4.93. The highest BCUT2D eigenvalue weighted by molar-refractivity contribution is 5.51. The summed E-state index contributed by atoms with van der Waals surface area (Å²) in [5.41, 5.74) is 2.56. The van der Waals surface area contributed by atoms with Gasteiger partial charge in [-0.05, 0) is 55.6 Å². The van der Waals surface area contributed by atoms with Crippen molar-refractivity contribution in [3.05, 3.63) is 35.4 Å². The lowest BCUT2D eigenvalue weighted by Gasteiger charge is -2.45. The summed E-state index contributed by atoms with van der Waals surface area (Å²) in [7, 11) is 3.40. The van der Waals surface area contributed by atoms with Crippen molar-refractivity contribution < 1.29 is 14.6 Å². The number of phenolic OH excluding ortho intramolecular Hbond substituents is 1. The highest BCUT2D eigenvalue weighted by Crippen LogP contribution is 2.53. The predicted molar refractivity (Wildman–Crippen MR) is 88.9 cm³/mol. The third kappa shape index (κ3) is 2.12. The quantitative estimate of drug-likeness (QED) is 0.852. The summed E-state index contributed by atoms with van der Waals surface area (Å²) in [5, 5.41) is 10.4. The molecule has 1 spiro atoms. The number of nitrogens with zero attached hydrogens (tertiary/aromatic N) is 1. The van der Waals surface area contributed by atoms with Crippen molar-refractivity contribution in [2.24, 2.45) is 5.92 Å². The van der Waals surface area contributed by atoms with Crippen molar-refractivity contribution in [1.82, 2.24) is 4.90 Å². The molecule has 0 saturated carbocycles. The highest BCUT2D eigenvalue weighted by atomic mass is 16.5. The van der Waals surface area contributed by atoms with Crippen LogP contribution in [-0.4, -0.2) is 43.4 Å². The van der Waals surface area contributed by atoms with E-state index in [1.807, 2.05) is 12.1 Å². The number of phenols is 1. The predicted octanol–water partition coefficient (Wildman–Crippen LogP) is 2.84. The smallest absolute Gasteiger partial charge is 0.160 e. The third-order valence-corrected chi connectivity index (χ3v) is 6.01. The molecule has 3 aliphatic rings. The van der Waals surface area contributed by atoms with E-state index in [0.717, 1.165) is 32.4 Å². The van der Waals surface area contributed by atoms with Gasteiger partial charge in [-0.2, -0.15) is 0 Å². The van der Waals surface area contributed by atoms with Crippen LogP contribution >= 0.6 is 0 Å². The highest BCUT2D eigenvalue weighted by Gasteiger charge is 2.53. The normalized spacial score (nSPS) is 32.8. The van der Waals surface area contributed by atoms with Crippen molar-refractivity contribution in [3.8, 4) is 11.5 Å². The lowest BCUT2D eigenvalue weighted by molar-refractivity contribution is 0.0286. The lowest BCUT2D eigenvalue weighted by atomic mass is 9.70. The number of hydrogen-bond donors (Lipinski definition) is 1. The molecule has 1 fully saturated rings. The minimum atomic E-state index is -0.0367. The molecule has 0 bridgehead atoms. The van der Waals surface area contributed by atoms with E-state index >= 15 is 0 Å². The van der Waals surface area contributed by atoms with Crippen LogP contribution in [-0.2, 0) is 16.7 Å². The molecule has 3 unspecified atom stereocenters. The third-order valence-electron chi connectivity index (χ3n) is 6.01. The maximum absolute atomic E-state index is 10.4. The Morgan fingerprint density at radius 1 is 1.22 bits per heavy atom. The van der Waals surface area contributed by atoms with Crippen molar-refractivity contribution in [1.29, 1.82) is 0 Å². The van der Waals surface area contributed by atoms with Gasteiger partial charge >= 0.3 is 0 Å². The number of aromatic hydroxyl groups is 1. The van der Waals surface area contributed by atoms with Gasteiger partial charge in [0.15, 0.2) is 11.5 Å². The van der Waals surface area contributed by atoms with Crippen molar-refractivity contribution in [3.63, 3.8) is 0 Å². The van der Waals surface area contributed by atoms with E-state index in [4.69, 9.17) is 9.47 Å². The van der Waals surface area contributed by atoms with E-state index in [1.165, 1.54) is 17.5 Å². The summed E-state index contributed by atoms with van der Waals surface area (Å²) in [6, 6.07) is 4.00. The Morgan fingerprint density at radius 3 is 2.87 bits per heavy atom. The summed E-state index contributed by atoms with van der Waals surface area (Å²) in [5.74, 6) is 1.33. The molecule has 1 aromatic rings. The molecule has 3 atom stereocenters. The topological polar surface area (TPSA) is 41.9 Å². The number of fused-ring (bicyclic) bond motifs is 1. The number of aryl methyl sites for hydroxylation is 1. The maximum Gasteiger partial charge on any atom is 0.160 e. The zero-order valence-electron chi connectivity index (χ0n) is 13.9. The van der Waals surface area contributed by atoms with E-state index in [1.54, 1.807) is 14.2 Å². The van der Waals surface area contributed by atoms with Gasteiger partial charge in [0, 0.05) is 19.4 Å². The van der Waals surface area contributed by atoms with E-state index in [2.05, 4.69) is 17.1 Å². The van der Waals surface area contributed by atoms with Gasteiger partial charge in [0.1, 0.15) is 0 Å². The maximum atomic E-state index is 10.4. The first-order chi connectivity index (χ1) is 11.2. The van der Waals surface area contributed by atoms with Crippen LogP contribution in [0.5, 0.6) is 11.5 Å². The lowest BCUT2D eigenvalue weighted by Crippen LogP contribution is -2.48. The Balaban J connectivity index is 1.90. The van der Waals surface area contributed by atoms with Gasteiger partial charge in [-0.25, -0.2) is 0 Å². The van der Waals surface area contributed by atoms with Crippen molar-refractivity contribution >= 4 is 0 Å². The molecule has 124 valence electrons. The average Bonchev–Trinajstić information content (AvgIpc) is 2.87. The largest absolute Gasteiger partial charge is 0.504 e. The molecule has 23 heavy (non-hydrogen) atoms. The molecule has 1 N–H and O–H groups in total. The molecule has 0 aromatic heterocycles. The first kappa shape index (κ1) is 15.0. The molecule has 0 amide bonds. The van der Waals surface area contributed by atoms with Crippen LogP contribution in [0.2, 0.25) is 0 Å². The van der Waals surface area contributed by atoms with Gasteiger partial charge < -0.3 is 14.6 Å². The molecule has 2 heterocycles. The number of hydrogen-bond acceptors (Lipinski definition) is 4. The van der Waals surface area contributed by atoms with Crippen LogP contribution in [0.4, 0.5) is 0 Å². The number of ether oxygens (including phenoxy) is 2. The second-order valence-electron chi connectivity index (χ2n) is 6.95. The van der Waals surface area contributed by atoms with Crippen LogP contribution in [0.25, 0.3) is 0 Å². The first-order valence-electron chi connectivity index (χ1n) is 8.55. The minimum Gasteiger partial charge on any atom is -0.504 e. The summed E-state index contributed by atoms with van der Waals surface area (Å²) in [6.07, 6.45) is 9.03. The van der Waals surface area contributed by atoms with Gasteiger partial charge in [0.2, 0.25) is 0 Å². The number of benzene rings is 1. The molecule has 4 nitrogen and oxygen atoms in total. The zero-order chi connectivity index (χ0) is 16.0. The van der Waals surface area contributed by atoms with Gasteiger partial charge in [-0.15, -0.1) is 0 Å². The van der Waals surface area contributed by atoms with Crippen LogP contribution in [0.1, 0.15) is 30.4 Å². The molecule has 2 aliphatic heterocycles. The van der Waals surface area contributed by atoms with Gasteiger partial charge in [0.05, 0.1) is 18.8 Å². The Bertz CT molecular complexity index is 642. The molecule has 1 aliphatic carbocycles. The van der Waals surface area contributed by atoms with Crippen molar-refractivity contribution in [2.45, 2.75) is 37.3 Å². The SMILES string of the molecule is COc1cc2c(cc1O)C13CC(OC)C=CC1CCN3CCC2. The van der Waals surface area contributed by atoms with Gasteiger partial charge in [0.25, 0.3) is 0 Å². The standard InChI is InChI=1S/C19H25NO3/c1-22-15-6-5-14-7-9-20-8-3-4-13-10-18(23-2)17(21)11-16(13)19(14,20)12-15/h5-6,10-11,14-15,21H,3-4,7-9,12H2,1-2H3. The molecule has 4 heteroatoms. The molecular weight excluding hydrogens is 290 g/mol. The monoisotopic (exact) mass is 315 g/mol. The van der Waals surface area contributed by atoms with E-state index in [0.29, 0.717) is 11.7 Å². The second kappa shape index (κ2) is 5.53. The van der Waals surface area contributed by atoms with Gasteiger partial charge in [-0.1, -0.05) is 12.2 Å². The van der Waals surface area contributed by atoms with E-state index in [9.17, 15) is 5.11 Å². The first-order valence-corrected chi connectivity index (χ1v) is 8.55. The van der Waals surface area contributed by atoms with E-state index in [-0.39, 0.29) is 17.4 Å². The molecule has 1 saturated heterocycles. The fourth-order valence-electron chi connectivity index (χ4n) is 4.93.